The summed E-state index contributed by atoms with van der Waals surface area (Å²) in [5.74, 6) is -0.887. The molecule has 1 N–H and O–H groups in total. The Balaban J connectivity index is 1.91. The number of benzene rings is 2. The first-order chi connectivity index (χ1) is 15.5. The zero-order valence-electron chi connectivity index (χ0n) is 16.4. The molecular weight excluding hydrogens is 458 g/mol. The normalized spacial score (nSPS) is 11.7. The summed E-state index contributed by atoms with van der Waals surface area (Å²) in [6.45, 7) is -3.59. The number of alkyl halides is 6. The van der Waals surface area contributed by atoms with Crippen LogP contribution in [-0.4, -0.2) is 46.3 Å². The number of para-hydroxylation sites is 1. The quantitative estimate of drug-likeness (QED) is 0.375. The van der Waals surface area contributed by atoms with E-state index in [2.05, 4.69) is 29.7 Å². The van der Waals surface area contributed by atoms with Gasteiger partial charge in [-0.05, 0) is 12.1 Å². The molecule has 3 aromatic rings. The van der Waals surface area contributed by atoms with Crippen molar-refractivity contribution in [2.75, 3.05) is 18.5 Å². The molecule has 33 heavy (non-hydrogen) atoms. The van der Waals surface area contributed by atoms with Crippen molar-refractivity contribution in [2.45, 2.75) is 12.4 Å². The number of nitrogens with zero attached hydrogens (tertiary/aromatic N) is 3. The average molecular weight is 472 g/mol. The summed E-state index contributed by atoms with van der Waals surface area (Å²) in [5.41, 5.74) is 0.645. The maximum Gasteiger partial charge on any atom is 0.422 e. The van der Waals surface area contributed by atoms with Gasteiger partial charge in [-0.15, -0.1) is 4.98 Å². The van der Waals surface area contributed by atoms with Crippen LogP contribution in [0.4, 0.5) is 38.0 Å². The fourth-order valence-corrected chi connectivity index (χ4v) is 2.47. The highest BCUT2D eigenvalue weighted by Gasteiger charge is 2.31. The van der Waals surface area contributed by atoms with Crippen LogP contribution in [0.15, 0.2) is 54.6 Å². The highest BCUT2D eigenvalue weighted by molar-refractivity contribution is 6.12. The molecule has 0 saturated carbocycles. The maximum absolute atomic E-state index is 12.8. The Kier molecular flexibility index (Phi) is 6.99. The van der Waals surface area contributed by atoms with E-state index in [0.717, 1.165) is 0 Å². The molecule has 0 spiro atoms. The van der Waals surface area contributed by atoms with Crippen molar-refractivity contribution in [1.82, 2.24) is 15.0 Å². The van der Waals surface area contributed by atoms with E-state index in [1.807, 2.05) is 0 Å². The lowest BCUT2D eigenvalue weighted by atomic mass is 10.0. The Morgan fingerprint density at radius 2 is 1.27 bits per heavy atom. The van der Waals surface area contributed by atoms with Gasteiger partial charge in [0.25, 0.3) is 0 Å². The number of hydrogen-bond donors (Lipinski definition) is 1. The molecule has 13 heteroatoms. The number of halogens is 6. The van der Waals surface area contributed by atoms with E-state index in [-0.39, 0.29) is 11.3 Å². The molecule has 0 fully saturated rings. The van der Waals surface area contributed by atoms with Crippen LogP contribution in [0.2, 0.25) is 0 Å². The van der Waals surface area contributed by atoms with E-state index in [4.69, 9.17) is 0 Å². The maximum atomic E-state index is 12.8. The van der Waals surface area contributed by atoms with Gasteiger partial charge in [-0.3, -0.25) is 4.79 Å². The van der Waals surface area contributed by atoms with Crippen LogP contribution < -0.4 is 14.8 Å². The summed E-state index contributed by atoms with van der Waals surface area (Å²) < 4.78 is 83.6. The Morgan fingerprint density at radius 3 is 1.82 bits per heavy atom. The van der Waals surface area contributed by atoms with Gasteiger partial charge in [-0.2, -0.15) is 36.3 Å². The number of aromatic nitrogens is 3. The SMILES string of the molecule is O=C(c1ccccc1)c1ccccc1Nc1nc(OCC(F)(F)F)nc(OCC(F)(F)F)n1. The number of carbonyl (C=O) groups excluding carboxylic acids is 1. The van der Waals surface area contributed by atoms with Gasteiger partial charge in [0.2, 0.25) is 5.95 Å². The molecule has 174 valence electrons. The number of ketones is 1. The first kappa shape index (κ1) is 23.8. The van der Waals surface area contributed by atoms with Crippen molar-refractivity contribution < 1.29 is 40.6 Å². The summed E-state index contributed by atoms with van der Waals surface area (Å²) in [4.78, 5) is 23.4. The lowest BCUT2D eigenvalue weighted by molar-refractivity contribution is -0.156. The van der Waals surface area contributed by atoms with Gasteiger partial charge in [0, 0.05) is 11.1 Å². The highest BCUT2D eigenvalue weighted by atomic mass is 19.4. The summed E-state index contributed by atoms with van der Waals surface area (Å²) in [6, 6.07) is 12.4. The standard InChI is InChI=1S/C20H14F6N4O3/c21-19(22,23)10-32-17-28-16(29-18(30-17)33-11-20(24,25)26)27-14-9-5-4-8-13(14)15(31)12-6-2-1-3-7-12/h1-9H,10-11H2,(H,27,28,29,30). The minimum atomic E-state index is -4.75. The number of anilines is 2. The van der Waals surface area contributed by atoms with Gasteiger partial charge in [0.05, 0.1) is 5.69 Å². The summed E-state index contributed by atoms with van der Waals surface area (Å²) in [5, 5.41) is 2.59. The zero-order valence-corrected chi connectivity index (χ0v) is 16.4. The van der Waals surface area contributed by atoms with Gasteiger partial charge in [0.15, 0.2) is 19.0 Å². The Morgan fingerprint density at radius 1 is 0.758 bits per heavy atom. The summed E-state index contributed by atoms with van der Waals surface area (Å²) in [6.07, 6.45) is -9.50. The van der Waals surface area contributed by atoms with Crippen molar-refractivity contribution in [3.8, 4) is 12.0 Å². The lowest BCUT2D eigenvalue weighted by Gasteiger charge is -2.13. The molecule has 0 saturated heterocycles. The van der Waals surface area contributed by atoms with Crippen molar-refractivity contribution in [3.63, 3.8) is 0 Å². The Labute approximate surface area is 182 Å². The third kappa shape index (κ3) is 7.33. The smallest absolute Gasteiger partial charge is 0.422 e. The second-order valence-corrected chi connectivity index (χ2v) is 6.40. The van der Waals surface area contributed by atoms with E-state index in [1.165, 1.54) is 12.1 Å². The van der Waals surface area contributed by atoms with E-state index in [0.29, 0.717) is 5.56 Å². The van der Waals surface area contributed by atoms with Gasteiger partial charge >= 0.3 is 24.4 Å². The van der Waals surface area contributed by atoms with Gasteiger partial charge in [-0.1, -0.05) is 42.5 Å². The molecule has 2 aromatic carbocycles. The largest absolute Gasteiger partial charge is 0.454 e. The fourth-order valence-electron chi connectivity index (χ4n) is 2.47. The molecule has 0 aliphatic carbocycles. The van der Waals surface area contributed by atoms with Crippen molar-refractivity contribution in [2.24, 2.45) is 0 Å². The van der Waals surface area contributed by atoms with E-state index in [9.17, 15) is 31.1 Å². The molecule has 1 heterocycles. The van der Waals surface area contributed by atoms with Crippen LogP contribution >= 0.6 is 0 Å². The van der Waals surface area contributed by atoms with Crippen LogP contribution in [0.3, 0.4) is 0 Å². The molecule has 0 unspecified atom stereocenters. The number of ether oxygens (including phenoxy) is 2. The molecule has 0 radical (unpaired) electrons. The van der Waals surface area contributed by atoms with Crippen LogP contribution in [0.25, 0.3) is 0 Å². The molecule has 7 nitrogen and oxygen atoms in total. The minimum Gasteiger partial charge on any atom is -0.454 e. The van der Waals surface area contributed by atoms with Crippen LogP contribution in [0, 0.1) is 0 Å². The molecule has 0 aliphatic rings. The summed E-state index contributed by atoms with van der Waals surface area (Å²) >= 11 is 0. The predicted octanol–water partition coefficient (Wildman–Crippen LogP) is 4.73. The van der Waals surface area contributed by atoms with E-state index >= 15 is 0 Å². The number of rotatable bonds is 8. The van der Waals surface area contributed by atoms with Gasteiger partial charge < -0.3 is 14.8 Å². The molecule has 0 amide bonds. The zero-order chi connectivity index (χ0) is 24.1. The second kappa shape index (κ2) is 9.71. The molecule has 0 bridgehead atoms. The molecular formula is C20H14F6N4O3. The lowest BCUT2D eigenvalue weighted by Crippen LogP contribution is -2.22. The summed E-state index contributed by atoms with van der Waals surface area (Å²) in [7, 11) is 0. The van der Waals surface area contributed by atoms with Crippen LogP contribution in [-0.2, 0) is 0 Å². The Bertz CT molecular complexity index is 1070. The minimum absolute atomic E-state index is 0.140. The first-order valence-corrected chi connectivity index (χ1v) is 9.11. The van der Waals surface area contributed by atoms with E-state index < -0.39 is 49.3 Å². The van der Waals surface area contributed by atoms with Gasteiger partial charge in [-0.25, -0.2) is 0 Å². The Hall–Kier alpha value is -3.90. The third-order valence-corrected chi connectivity index (χ3v) is 3.78. The predicted molar refractivity (Wildman–Crippen MR) is 103 cm³/mol. The monoisotopic (exact) mass is 472 g/mol. The third-order valence-electron chi connectivity index (χ3n) is 3.78. The van der Waals surface area contributed by atoms with Crippen LogP contribution in [0.1, 0.15) is 15.9 Å². The highest BCUT2D eigenvalue weighted by Crippen LogP contribution is 2.25. The van der Waals surface area contributed by atoms with E-state index in [1.54, 1.807) is 42.5 Å². The second-order valence-electron chi connectivity index (χ2n) is 6.40. The first-order valence-electron chi connectivity index (χ1n) is 9.11. The number of nitrogens with one attached hydrogen (secondary N) is 1. The molecule has 1 aromatic heterocycles. The number of carbonyl (C=O) groups is 1. The molecule has 0 aliphatic heterocycles. The van der Waals surface area contributed by atoms with Gasteiger partial charge in [0.1, 0.15) is 0 Å². The average Bonchev–Trinajstić information content (AvgIpc) is 2.76. The molecule has 0 atom stereocenters. The van der Waals surface area contributed by atoms with Crippen molar-refractivity contribution >= 4 is 17.4 Å². The fraction of sp³-hybridized carbons (Fsp3) is 0.200. The van der Waals surface area contributed by atoms with Crippen molar-refractivity contribution in [3.05, 3.63) is 65.7 Å². The number of hydrogen-bond acceptors (Lipinski definition) is 7. The van der Waals surface area contributed by atoms with Crippen molar-refractivity contribution in [1.29, 1.82) is 0 Å². The van der Waals surface area contributed by atoms with Crippen LogP contribution in [0.5, 0.6) is 12.0 Å². The topological polar surface area (TPSA) is 86.2 Å². The molecule has 3 rings (SSSR count).